The van der Waals surface area contributed by atoms with Gasteiger partial charge in [0.05, 0.1) is 19.6 Å². The number of carbonyl (C=O) groups excluding carboxylic acids is 1. The molecule has 2 aromatic carbocycles. The van der Waals surface area contributed by atoms with E-state index in [1.54, 1.807) is 6.08 Å². The fourth-order valence-electron chi connectivity index (χ4n) is 2.31. The summed E-state index contributed by atoms with van der Waals surface area (Å²) in [5.74, 6) is -0.658. The summed E-state index contributed by atoms with van der Waals surface area (Å²) in [4.78, 5) is 11.6. The van der Waals surface area contributed by atoms with Crippen molar-refractivity contribution in [1.29, 1.82) is 0 Å². The van der Waals surface area contributed by atoms with Crippen LogP contribution < -0.4 is 0 Å². The summed E-state index contributed by atoms with van der Waals surface area (Å²) >= 11 is 0. The van der Waals surface area contributed by atoms with E-state index in [2.05, 4.69) is 0 Å². The van der Waals surface area contributed by atoms with Crippen molar-refractivity contribution in [2.45, 2.75) is 18.4 Å². The SMILES string of the molecule is COC(=O)CC(c1ccccc1)C(O)/C=C/c1ccccc1. The van der Waals surface area contributed by atoms with Gasteiger partial charge in [-0.05, 0) is 11.1 Å². The van der Waals surface area contributed by atoms with E-state index >= 15 is 0 Å². The van der Waals surface area contributed by atoms with E-state index in [1.807, 2.05) is 66.7 Å². The maximum Gasteiger partial charge on any atom is 0.306 e. The lowest BCUT2D eigenvalue weighted by molar-refractivity contribution is -0.141. The van der Waals surface area contributed by atoms with Gasteiger partial charge in [0.2, 0.25) is 0 Å². The number of aliphatic hydroxyl groups excluding tert-OH is 1. The number of aliphatic hydroxyl groups is 1. The van der Waals surface area contributed by atoms with E-state index in [0.29, 0.717) is 0 Å². The molecule has 0 aliphatic rings. The number of hydrogen-bond donors (Lipinski definition) is 1. The molecule has 114 valence electrons. The molecule has 2 unspecified atom stereocenters. The molecule has 1 N–H and O–H groups in total. The Bertz CT molecular complexity index is 605. The van der Waals surface area contributed by atoms with Crippen LogP contribution in [-0.2, 0) is 9.53 Å². The Labute approximate surface area is 130 Å². The zero-order valence-electron chi connectivity index (χ0n) is 12.6. The first kappa shape index (κ1) is 16.0. The van der Waals surface area contributed by atoms with Gasteiger partial charge in [-0.2, -0.15) is 0 Å². The summed E-state index contributed by atoms with van der Waals surface area (Å²) in [5.41, 5.74) is 1.92. The first-order valence-corrected chi connectivity index (χ1v) is 7.24. The number of ether oxygens (including phenoxy) is 1. The normalized spacial score (nSPS) is 13.7. The molecule has 0 bridgehead atoms. The molecule has 0 saturated heterocycles. The highest BCUT2D eigenvalue weighted by Crippen LogP contribution is 2.25. The summed E-state index contributed by atoms with van der Waals surface area (Å²) in [5, 5.41) is 10.5. The summed E-state index contributed by atoms with van der Waals surface area (Å²) in [6.07, 6.45) is 2.95. The Hall–Kier alpha value is -2.39. The minimum absolute atomic E-state index is 0.140. The number of hydrogen-bond acceptors (Lipinski definition) is 3. The van der Waals surface area contributed by atoms with E-state index in [1.165, 1.54) is 7.11 Å². The van der Waals surface area contributed by atoms with Gasteiger partial charge in [-0.15, -0.1) is 0 Å². The maximum absolute atomic E-state index is 11.6. The molecule has 2 atom stereocenters. The van der Waals surface area contributed by atoms with Crippen LogP contribution in [0.2, 0.25) is 0 Å². The first-order valence-electron chi connectivity index (χ1n) is 7.24. The zero-order valence-corrected chi connectivity index (χ0v) is 12.6. The van der Waals surface area contributed by atoms with Crippen LogP contribution >= 0.6 is 0 Å². The Morgan fingerprint density at radius 2 is 1.68 bits per heavy atom. The van der Waals surface area contributed by atoms with Crippen molar-refractivity contribution in [2.24, 2.45) is 0 Å². The van der Waals surface area contributed by atoms with Crippen molar-refractivity contribution >= 4 is 12.0 Å². The molecule has 0 radical (unpaired) electrons. The predicted octanol–water partition coefficient (Wildman–Crippen LogP) is 3.41. The predicted molar refractivity (Wildman–Crippen MR) is 87.3 cm³/mol. The standard InChI is InChI=1S/C19H20O3/c1-22-19(21)14-17(16-10-6-3-7-11-16)18(20)13-12-15-8-4-2-5-9-15/h2-13,17-18,20H,14H2,1H3/b13-12+. The van der Waals surface area contributed by atoms with Crippen LogP contribution in [-0.4, -0.2) is 24.3 Å². The van der Waals surface area contributed by atoms with Gasteiger partial charge in [-0.1, -0.05) is 72.8 Å². The van der Waals surface area contributed by atoms with Crippen LogP contribution in [0.1, 0.15) is 23.5 Å². The lowest BCUT2D eigenvalue weighted by Crippen LogP contribution is -2.20. The highest BCUT2D eigenvalue weighted by Gasteiger charge is 2.22. The van der Waals surface area contributed by atoms with Gasteiger partial charge in [0.25, 0.3) is 0 Å². The van der Waals surface area contributed by atoms with Crippen LogP contribution in [0.4, 0.5) is 0 Å². The van der Waals surface area contributed by atoms with Crippen molar-refractivity contribution in [3.05, 3.63) is 77.9 Å². The van der Waals surface area contributed by atoms with Gasteiger partial charge in [0, 0.05) is 5.92 Å². The minimum atomic E-state index is -0.762. The Kier molecular flexibility index (Phi) is 5.92. The largest absolute Gasteiger partial charge is 0.469 e. The van der Waals surface area contributed by atoms with Crippen molar-refractivity contribution < 1.29 is 14.6 Å². The number of methoxy groups -OCH3 is 1. The highest BCUT2D eigenvalue weighted by molar-refractivity contribution is 5.70. The van der Waals surface area contributed by atoms with Gasteiger partial charge < -0.3 is 9.84 Å². The van der Waals surface area contributed by atoms with Gasteiger partial charge in [-0.25, -0.2) is 0 Å². The molecule has 0 saturated carbocycles. The summed E-state index contributed by atoms with van der Waals surface area (Å²) in [7, 11) is 1.36. The monoisotopic (exact) mass is 296 g/mol. The molecule has 22 heavy (non-hydrogen) atoms. The van der Waals surface area contributed by atoms with E-state index in [9.17, 15) is 9.90 Å². The van der Waals surface area contributed by atoms with Crippen molar-refractivity contribution in [2.75, 3.05) is 7.11 Å². The van der Waals surface area contributed by atoms with Crippen LogP contribution in [0.3, 0.4) is 0 Å². The quantitative estimate of drug-likeness (QED) is 0.831. The van der Waals surface area contributed by atoms with Gasteiger partial charge >= 0.3 is 5.97 Å². The van der Waals surface area contributed by atoms with Crippen LogP contribution in [0.5, 0.6) is 0 Å². The third-order valence-electron chi connectivity index (χ3n) is 3.54. The van der Waals surface area contributed by atoms with Gasteiger partial charge in [0.15, 0.2) is 0 Å². The van der Waals surface area contributed by atoms with E-state index in [0.717, 1.165) is 11.1 Å². The van der Waals surface area contributed by atoms with Crippen LogP contribution in [0, 0.1) is 0 Å². The second kappa shape index (κ2) is 8.15. The molecule has 3 heteroatoms. The third-order valence-corrected chi connectivity index (χ3v) is 3.54. The molecule has 0 heterocycles. The van der Waals surface area contributed by atoms with Crippen molar-refractivity contribution in [3.8, 4) is 0 Å². The topological polar surface area (TPSA) is 46.5 Å². The smallest absolute Gasteiger partial charge is 0.306 e. The molecule has 0 aromatic heterocycles. The molecule has 2 aromatic rings. The van der Waals surface area contributed by atoms with Gasteiger partial charge in [0.1, 0.15) is 0 Å². The Balaban J connectivity index is 2.17. The highest BCUT2D eigenvalue weighted by atomic mass is 16.5. The summed E-state index contributed by atoms with van der Waals surface area (Å²) in [6.45, 7) is 0. The molecule has 0 spiro atoms. The average Bonchev–Trinajstić information content (AvgIpc) is 2.59. The molecular weight excluding hydrogens is 276 g/mol. The fourth-order valence-corrected chi connectivity index (χ4v) is 2.31. The molecule has 3 nitrogen and oxygen atoms in total. The maximum atomic E-state index is 11.6. The van der Waals surface area contributed by atoms with Crippen molar-refractivity contribution in [1.82, 2.24) is 0 Å². The molecule has 2 rings (SSSR count). The van der Waals surface area contributed by atoms with Gasteiger partial charge in [-0.3, -0.25) is 4.79 Å². The number of benzene rings is 2. The molecule has 0 fully saturated rings. The number of rotatable bonds is 6. The van der Waals surface area contributed by atoms with E-state index in [-0.39, 0.29) is 18.3 Å². The lowest BCUT2D eigenvalue weighted by Gasteiger charge is -2.20. The summed E-state index contributed by atoms with van der Waals surface area (Å²) < 4.78 is 4.74. The number of esters is 1. The molecule has 0 aliphatic heterocycles. The zero-order chi connectivity index (χ0) is 15.8. The summed E-state index contributed by atoms with van der Waals surface area (Å²) in [6, 6.07) is 19.3. The van der Waals surface area contributed by atoms with E-state index < -0.39 is 6.10 Å². The Morgan fingerprint density at radius 1 is 1.09 bits per heavy atom. The van der Waals surface area contributed by atoms with E-state index in [4.69, 9.17) is 4.74 Å². The molecule has 0 amide bonds. The lowest BCUT2D eigenvalue weighted by atomic mass is 9.90. The fraction of sp³-hybridized carbons (Fsp3) is 0.211. The molecule has 0 aliphatic carbocycles. The van der Waals surface area contributed by atoms with Crippen LogP contribution in [0.15, 0.2) is 66.7 Å². The molecular formula is C19H20O3. The average molecular weight is 296 g/mol. The number of carbonyl (C=O) groups is 1. The Morgan fingerprint density at radius 3 is 2.27 bits per heavy atom. The van der Waals surface area contributed by atoms with Crippen LogP contribution in [0.25, 0.3) is 6.08 Å². The second-order valence-corrected chi connectivity index (χ2v) is 5.06. The second-order valence-electron chi connectivity index (χ2n) is 5.06. The van der Waals surface area contributed by atoms with Crippen molar-refractivity contribution in [3.63, 3.8) is 0 Å². The first-order chi connectivity index (χ1) is 10.7. The minimum Gasteiger partial charge on any atom is -0.469 e. The third kappa shape index (κ3) is 4.57.